The summed E-state index contributed by atoms with van der Waals surface area (Å²) in [4.78, 5) is 18.9. The predicted octanol–water partition coefficient (Wildman–Crippen LogP) is 3.39. The number of ether oxygens (including phenoxy) is 1. The highest BCUT2D eigenvalue weighted by atomic mass is 16.5. The number of amides is 1. The minimum absolute atomic E-state index is 0.0112. The molecule has 1 aromatic carbocycles. The van der Waals surface area contributed by atoms with Gasteiger partial charge in [-0.1, -0.05) is 36.4 Å². The van der Waals surface area contributed by atoms with Crippen LogP contribution < -0.4 is 0 Å². The fourth-order valence-corrected chi connectivity index (χ4v) is 3.53. The Morgan fingerprint density at radius 1 is 1.12 bits per heavy atom. The van der Waals surface area contributed by atoms with E-state index in [1.165, 1.54) is 12.8 Å². The molecule has 130 valence electrons. The second-order valence-electron chi connectivity index (χ2n) is 7.07. The number of carbonyl (C=O) groups excluding carboxylic acids is 1. The molecular weight excluding hydrogens is 312 g/mol. The normalized spacial score (nSPS) is 23.4. The minimum Gasteiger partial charge on any atom is -0.366 e. The minimum atomic E-state index is -0.0112. The van der Waals surface area contributed by atoms with Crippen molar-refractivity contribution >= 4 is 5.91 Å². The Labute approximate surface area is 148 Å². The van der Waals surface area contributed by atoms with Gasteiger partial charge in [-0.2, -0.15) is 0 Å². The summed E-state index contributed by atoms with van der Waals surface area (Å²) >= 11 is 0. The maximum Gasteiger partial charge on any atom is 0.223 e. The van der Waals surface area contributed by atoms with Crippen LogP contribution in [0.1, 0.15) is 36.5 Å². The lowest BCUT2D eigenvalue weighted by Crippen LogP contribution is -2.47. The maximum absolute atomic E-state index is 12.8. The average Bonchev–Trinajstić information content (AvgIpc) is 3.52. The van der Waals surface area contributed by atoms with E-state index in [4.69, 9.17) is 4.74 Å². The number of hydrogen-bond acceptors (Lipinski definition) is 3. The van der Waals surface area contributed by atoms with Crippen molar-refractivity contribution < 1.29 is 9.53 Å². The summed E-state index contributed by atoms with van der Waals surface area (Å²) in [6, 6.07) is 14.2. The quantitative estimate of drug-likeness (QED) is 0.840. The lowest BCUT2D eigenvalue weighted by Gasteiger charge is -2.38. The summed E-state index contributed by atoms with van der Waals surface area (Å²) < 4.78 is 6.34. The van der Waals surface area contributed by atoms with Crippen molar-refractivity contribution in [2.75, 3.05) is 13.1 Å². The van der Waals surface area contributed by atoms with Gasteiger partial charge in [0.15, 0.2) is 0 Å². The molecular formula is C21H24N2O2. The highest BCUT2D eigenvalue weighted by molar-refractivity contribution is 5.76. The molecule has 4 heteroatoms. The number of aryl methyl sites for hydroxylation is 1. The molecule has 2 aliphatic rings. The number of hydrogen-bond donors (Lipinski definition) is 0. The first-order valence-corrected chi connectivity index (χ1v) is 9.16. The van der Waals surface area contributed by atoms with Crippen LogP contribution in [0, 0.1) is 5.92 Å². The van der Waals surface area contributed by atoms with Crippen LogP contribution in [0.4, 0.5) is 0 Å². The number of aromatic nitrogens is 1. The average molecular weight is 336 g/mol. The molecule has 1 aliphatic heterocycles. The van der Waals surface area contributed by atoms with Crippen LogP contribution in [0.5, 0.6) is 0 Å². The first kappa shape index (κ1) is 16.3. The van der Waals surface area contributed by atoms with Crippen LogP contribution >= 0.6 is 0 Å². The van der Waals surface area contributed by atoms with Crippen LogP contribution in [0.15, 0.2) is 54.9 Å². The van der Waals surface area contributed by atoms with E-state index in [1.807, 2.05) is 41.4 Å². The fourth-order valence-electron chi connectivity index (χ4n) is 3.53. The molecule has 0 radical (unpaired) electrons. The van der Waals surface area contributed by atoms with Gasteiger partial charge in [0, 0.05) is 25.4 Å². The molecule has 1 amide bonds. The van der Waals surface area contributed by atoms with Crippen molar-refractivity contribution in [3.63, 3.8) is 0 Å². The van der Waals surface area contributed by atoms with E-state index in [0.717, 1.165) is 24.1 Å². The molecule has 4 nitrogen and oxygen atoms in total. The van der Waals surface area contributed by atoms with Gasteiger partial charge in [0.25, 0.3) is 0 Å². The van der Waals surface area contributed by atoms with Gasteiger partial charge in [-0.15, -0.1) is 0 Å². The fraction of sp³-hybridized carbons (Fsp3) is 0.429. The van der Waals surface area contributed by atoms with Crippen molar-refractivity contribution in [3.05, 3.63) is 66.0 Å². The van der Waals surface area contributed by atoms with Crippen LogP contribution in [-0.4, -0.2) is 35.0 Å². The third-order valence-electron chi connectivity index (χ3n) is 5.15. The van der Waals surface area contributed by atoms with Crippen LogP contribution in [0.3, 0.4) is 0 Å². The van der Waals surface area contributed by atoms with Gasteiger partial charge in [-0.3, -0.25) is 9.78 Å². The molecule has 2 atom stereocenters. The van der Waals surface area contributed by atoms with Gasteiger partial charge in [0.2, 0.25) is 5.91 Å². The maximum atomic E-state index is 12.8. The van der Waals surface area contributed by atoms with E-state index in [-0.39, 0.29) is 18.1 Å². The van der Waals surface area contributed by atoms with Crippen molar-refractivity contribution in [1.29, 1.82) is 0 Å². The summed E-state index contributed by atoms with van der Waals surface area (Å²) in [5.41, 5.74) is 2.28. The second kappa shape index (κ2) is 7.36. The largest absolute Gasteiger partial charge is 0.366 e. The third-order valence-corrected chi connectivity index (χ3v) is 5.15. The number of nitrogens with zero attached hydrogens (tertiary/aromatic N) is 2. The first-order valence-electron chi connectivity index (χ1n) is 9.16. The molecule has 1 aromatic heterocycles. The molecule has 1 aliphatic carbocycles. The Bertz CT molecular complexity index is 700. The number of rotatable bonds is 5. The molecule has 0 N–H and O–H groups in total. The standard InChI is InChI=1S/C21H24N2O2/c24-21(11-8-16-5-4-12-22-13-16)23-14-19(17-6-2-1-3-7-17)25-20(15-23)18-9-10-18/h1-7,12-13,18-20H,8-11,14-15H2/t19-,20+/m0/s1. The van der Waals surface area contributed by atoms with Crippen molar-refractivity contribution in [2.24, 2.45) is 5.92 Å². The van der Waals surface area contributed by atoms with Gasteiger partial charge < -0.3 is 9.64 Å². The molecule has 4 rings (SSSR count). The molecule has 2 aromatic rings. The van der Waals surface area contributed by atoms with E-state index >= 15 is 0 Å². The smallest absolute Gasteiger partial charge is 0.223 e. The summed E-state index contributed by atoms with van der Waals surface area (Å²) in [7, 11) is 0. The summed E-state index contributed by atoms with van der Waals surface area (Å²) in [6.07, 6.45) is 7.50. The predicted molar refractivity (Wildman–Crippen MR) is 95.9 cm³/mol. The first-order chi connectivity index (χ1) is 12.3. The monoisotopic (exact) mass is 336 g/mol. The molecule has 0 bridgehead atoms. The SMILES string of the molecule is O=C(CCc1cccnc1)N1C[C@@H](c2ccccc2)O[C@@H](C2CC2)C1. The Hall–Kier alpha value is -2.20. The Morgan fingerprint density at radius 2 is 1.96 bits per heavy atom. The molecule has 25 heavy (non-hydrogen) atoms. The summed E-state index contributed by atoms with van der Waals surface area (Å²) in [5.74, 6) is 0.846. The van der Waals surface area contributed by atoms with E-state index in [9.17, 15) is 4.79 Å². The van der Waals surface area contributed by atoms with Gasteiger partial charge in [0.05, 0.1) is 12.6 Å². The zero-order valence-corrected chi connectivity index (χ0v) is 14.4. The van der Waals surface area contributed by atoms with Crippen molar-refractivity contribution in [3.8, 4) is 0 Å². The van der Waals surface area contributed by atoms with E-state index in [2.05, 4.69) is 17.1 Å². The van der Waals surface area contributed by atoms with Gasteiger partial charge >= 0.3 is 0 Å². The Morgan fingerprint density at radius 3 is 2.68 bits per heavy atom. The van der Waals surface area contributed by atoms with Crippen LogP contribution in [0.25, 0.3) is 0 Å². The number of carbonyl (C=O) groups is 1. The van der Waals surface area contributed by atoms with Crippen molar-refractivity contribution in [1.82, 2.24) is 9.88 Å². The highest BCUT2D eigenvalue weighted by Gasteiger charge is 2.39. The van der Waals surface area contributed by atoms with E-state index in [0.29, 0.717) is 18.9 Å². The molecule has 2 heterocycles. The third kappa shape index (κ3) is 4.07. The number of pyridine rings is 1. The Kier molecular flexibility index (Phi) is 4.79. The van der Waals surface area contributed by atoms with Gasteiger partial charge in [-0.25, -0.2) is 0 Å². The van der Waals surface area contributed by atoms with E-state index < -0.39 is 0 Å². The van der Waals surface area contributed by atoms with Crippen LogP contribution in [-0.2, 0) is 16.0 Å². The lowest BCUT2D eigenvalue weighted by atomic mass is 10.0. The number of morpholine rings is 1. The molecule has 1 saturated heterocycles. The van der Waals surface area contributed by atoms with Crippen LogP contribution in [0.2, 0.25) is 0 Å². The zero-order chi connectivity index (χ0) is 17.1. The zero-order valence-electron chi connectivity index (χ0n) is 14.4. The summed E-state index contributed by atoms with van der Waals surface area (Å²) in [5, 5.41) is 0. The van der Waals surface area contributed by atoms with E-state index in [1.54, 1.807) is 6.20 Å². The molecule has 0 unspecified atom stereocenters. The molecule has 1 saturated carbocycles. The summed E-state index contributed by atoms with van der Waals surface area (Å²) in [6.45, 7) is 1.39. The van der Waals surface area contributed by atoms with Gasteiger partial charge in [-0.05, 0) is 42.4 Å². The topological polar surface area (TPSA) is 42.4 Å². The van der Waals surface area contributed by atoms with Gasteiger partial charge in [0.1, 0.15) is 6.10 Å². The lowest BCUT2D eigenvalue weighted by molar-refractivity contribution is -0.148. The number of benzene rings is 1. The molecule has 0 spiro atoms. The highest BCUT2D eigenvalue weighted by Crippen LogP contribution is 2.39. The Balaban J connectivity index is 1.43. The second-order valence-corrected chi connectivity index (χ2v) is 7.07. The van der Waals surface area contributed by atoms with Crippen molar-refractivity contribution in [2.45, 2.75) is 37.9 Å². The molecule has 2 fully saturated rings.